The molecular formula is C13H24N2O2. The highest BCUT2D eigenvalue weighted by Crippen LogP contribution is 2.27. The molecule has 0 aromatic heterocycles. The summed E-state index contributed by atoms with van der Waals surface area (Å²) < 4.78 is 0. The van der Waals surface area contributed by atoms with Gasteiger partial charge in [-0.05, 0) is 39.2 Å². The highest BCUT2D eigenvalue weighted by molar-refractivity contribution is 5.83. The number of amides is 1. The molecule has 17 heavy (non-hydrogen) atoms. The van der Waals surface area contributed by atoms with Crippen LogP contribution in [0.25, 0.3) is 0 Å². The molecule has 3 unspecified atom stereocenters. The lowest BCUT2D eigenvalue weighted by atomic mass is 9.95. The standard InChI is InChI=1S/C13H24N2O2/c1-10(16)9-11-5-3-4-7-15(11)12-6-8-14(2)13(12)17/h10-12,16H,3-9H2,1-2H3. The van der Waals surface area contributed by atoms with E-state index in [2.05, 4.69) is 4.90 Å². The molecule has 98 valence electrons. The Labute approximate surface area is 104 Å². The number of likely N-dealkylation sites (N-methyl/N-ethyl adjacent to an activating group) is 1. The number of aliphatic hydroxyl groups excluding tert-OH is 1. The number of rotatable bonds is 3. The van der Waals surface area contributed by atoms with Gasteiger partial charge in [0.05, 0.1) is 12.1 Å². The van der Waals surface area contributed by atoms with Crippen molar-refractivity contribution in [3.05, 3.63) is 0 Å². The first kappa shape index (κ1) is 12.8. The topological polar surface area (TPSA) is 43.8 Å². The van der Waals surface area contributed by atoms with E-state index >= 15 is 0 Å². The van der Waals surface area contributed by atoms with Crippen molar-refractivity contribution in [1.82, 2.24) is 9.80 Å². The van der Waals surface area contributed by atoms with Crippen molar-refractivity contribution < 1.29 is 9.90 Å². The third kappa shape index (κ3) is 2.80. The monoisotopic (exact) mass is 240 g/mol. The molecule has 2 rings (SSSR count). The second-order valence-electron chi connectivity index (χ2n) is 5.54. The number of nitrogens with zero attached hydrogens (tertiary/aromatic N) is 2. The van der Waals surface area contributed by atoms with Gasteiger partial charge in [-0.15, -0.1) is 0 Å². The molecule has 4 heteroatoms. The zero-order chi connectivity index (χ0) is 12.4. The zero-order valence-corrected chi connectivity index (χ0v) is 10.9. The van der Waals surface area contributed by atoms with Gasteiger partial charge >= 0.3 is 0 Å². The molecule has 0 spiro atoms. The van der Waals surface area contributed by atoms with Gasteiger partial charge < -0.3 is 10.0 Å². The van der Waals surface area contributed by atoms with Gasteiger partial charge in [-0.3, -0.25) is 9.69 Å². The van der Waals surface area contributed by atoms with Gasteiger partial charge in [-0.2, -0.15) is 0 Å². The molecular weight excluding hydrogens is 216 g/mol. The van der Waals surface area contributed by atoms with Crippen LogP contribution in [-0.4, -0.2) is 59.1 Å². The minimum atomic E-state index is -0.269. The Morgan fingerprint density at radius 2 is 2.12 bits per heavy atom. The molecule has 1 N–H and O–H groups in total. The maximum atomic E-state index is 12.1. The molecule has 1 amide bonds. The van der Waals surface area contributed by atoms with Crippen LogP contribution in [0.4, 0.5) is 0 Å². The minimum absolute atomic E-state index is 0.0732. The molecule has 4 nitrogen and oxygen atoms in total. The summed E-state index contributed by atoms with van der Waals surface area (Å²) in [7, 11) is 1.88. The Kier molecular flexibility index (Phi) is 4.05. The lowest BCUT2D eigenvalue weighted by Gasteiger charge is -2.39. The Balaban J connectivity index is 2.03. The number of carbonyl (C=O) groups excluding carboxylic acids is 1. The van der Waals surface area contributed by atoms with Gasteiger partial charge in [0, 0.05) is 19.6 Å². The van der Waals surface area contributed by atoms with E-state index in [0.717, 1.165) is 32.4 Å². The summed E-state index contributed by atoms with van der Waals surface area (Å²) in [4.78, 5) is 16.2. The second-order valence-corrected chi connectivity index (χ2v) is 5.54. The molecule has 0 aliphatic carbocycles. The largest absolute Gasteiger partial charge is 0.393 e. The van der Waals surface area contributed by atoms with E-state index in [1.165, 1.54) is 12.8 Å². The third-order valence-electron chi connectivity index (χ3n) is 4.09. The second kappa shape index (κ2) is 5.36. The quantitative estimate of drug-likeness (QED) is 0.795. The summed E-state index contributed by atoms with van der Waals surface area (Å²) in [5.41, 5.74) is 0. The average molecular weight is 240 g/mol. The van der Waals surface area contributed by atoms with Crippen LogP contribution in [0.5, 0.6) is 0 Å². The van der Waals surface area contributed by atoms with Crippen LogP contribution in [0.15, 0.2) is 0 Å². The predicted octanol–water partition coefficient (Wildman–Crippen LogP) is 0.842. The molecule has 0 aromatic rings. The van der Waals surface area contributed by atoms with Crippen LogP contribution in [0.3, 0.4) is 0 Å². The maximum Gasteiger partial charge on any atom is 0.239 e. The van der Waals surface area contributed by atoms with E-state index < -0.39 is 0 Å². The molecule has 0 saturated carbocycles. The van der Waals surface area contributed by atoms with E-state index in [1.54, 1.807) is 0 Å². The van der Waals surface area contributed by atoms with Crippen molar-refractivity contribution in [2.75, 3.05) is 20.1 Å². The Bertz CT molecular complexity index is 281. The number of carbonyl (C=O) groups is 1. The van der Waals surface area contributed by atoms with Crippen molar-refractivity contribution in [3.8, 4) is 0 Å². The van der Waals surface area contributed by atoms with Crippen molar-refractivity contribution in [1.29, 1.82) is 0 Å². The molecule has 2 aliphatic heterocycles. The predicted molar refractivity (Wildman–Crippen MR) is 66.7 cm³/mol. The van der Waals surface area contributed by atoms with Gasteiger partial charge in [-0.25, -0.2) is 0 Å². The molecule has 2 saturated heterocycles. The van der Waals surface area contributed by atoms with E-state index in [0.29, 0.717) is 6.04 Å². The lowest BCUT2D eigenvalue weighted by molar-refractivity contribution is -0.132. The Morgan fingerprint density at radius 1 is 1.35 bits per heavy atom. The lowest BCUT2D eigenvalue weighted by Crippen LogP contribution is -2.50. The summed E-state index contributed by atoms with van der Waals surface area (Å²) in [6.07, 6.45) is 5.02. The van der Waals surface area contributed by atoms with Crippen molar-refractivity contribution >= 4 is 5.91 Å². The van der Waals surface area contributed by atoms with Crippen molar-refractivity contribution in [2.45, 2.75) is 57.2 Å². The van der Waals surface area contributed by atoms with Crippen LogP contribution in [0.1, 0.15) is 39.0 Å². The Morgan fingerprint density at radius 3 is 2.71 bits per heavy atom. The fourth-order valence-electron chi connectivity index (χ4n) is 3.19. The first-order valence-corrected chi connectivity index (χ1v) is 6.78. The highest BCUT2D eigenvalue weighted by atomic mass is 16.3. The SMILES string of the molecule is CC(O)CC1CCCCN1C1CCN(C)C1=O. The van der Waals surface area contributed by atoms with Gasteiger partial charge in [0.2, 0.25) is 5.91 Å². The number of aliphatic hydroxyl groups is 1. The Hall–Kier alpha value is -0.610. The smallest absolute Gasteiger partial charge is 0.239 e. The van der Waals surface area contributed by atoms with Crippen LogP contribution >= 0.6 is 0 Å². The van der Waals surface area contributed by atoms with Gasteiger partial charge in [0.25, 0.3) is 0 Å². The molecule has 0 bridgehead atoms. The molecule has 0 aromatic carbocycles. The average Bonchev–Trinajstić information content (AvgIpc) is 2.60. The fraction of sp³-hybridized carbons (Fsp3) is 0.923. The van der Waals surface area contributed by atoms with Crippen LogP contribution in [-0.2, 0) is 4.79 Å². The summed E-state index contributed by atoms with van der Waals surface area (Å²) in [5.74, 6) is 0.266. The molecule has 3 atom stereocenters. The van der Waals surface area contributed by atoms with Gasteiger partial charge in [0.15, 0.2) is 0 Å². The highest BCUT2D eigenvalue weighted by Gasteiger charge is 2.38. The van der Waals surface area contributed by atoms with E-state index in [4.69, 9.17) is 0 Å². The molecule has 2 aliphatic rings. The number of hydrogen-bond acceptors (Lipinski definition) is 3. The summed E-state index contributed by atoms with van der Waals surface area (Å²) in [5, 5.41) is 9.56. The minimum Gasteiger partial charge on any atom is -0.393 e. The third-order valence-corrected chi connectivity index (χ3v) is 4.09. The summed E-state index contributed by atoms with van der Waals surface area (Å²) in [6, 6.07) is 0.466. The normalized spacial score (nSPS) is 33.1. The first-order valence-electron chi connectivity index (χ1n) is 6.78. The van der Waals surface area contributed by atoms with Crippen LogP contribution in [0.2, 0.25) is 0 Å². The number of likely N-dealkylation sites (tertiary alicyclic amines) is 2. The number of hydrogen-bond donors (Lipinski definition) is 1. The molecule has 0 radical (unpaired) electrons. The van der Waals surface area contributed by atoms with Crippen LogP contribution < -0.4 is 0 Å². The molecule has 2 heterocycles. The van der Waals surface area contributed by atoms with Crippen molar-refractivity contribution in [3.63, 3.8) is 0 Å². The van der Waals surface area contributed by atoms with E-state index in [1.807, 2.05) is 18.9 Å². The van der Waals surface area contributed by atoms with E-state index in [9.17, 15) is 9.90 Å². The number of piperidine rings is 1. The first-order chi connectivity index (χ1) is 8.09. The fourth-order valence-corrected chi connectivity index (χ4v) is 3.19. The summed E-state index contributed by atoms with van der Waals surface area (Å²) >= 11 is 0. The van der Waals surface area contributed by atoms with Gasteiger partial charge in [0.1, 0.15) is 0 Å². The van der Waals surface area contributed by atoms with Gasteiger partial charge in [-0.1, -0.05) is 6.42 Å². The summed E-state index contributed by atoms with van der Waals surface area (Å²) in [6.45, 7) is 3.73. The molecule has 2 fully saturated rings. The van der Waals surface area contributed by atoms with Crippen LogP contribution in [0, 0.1) is 0 Å². The zero-order valence-electron chi connectivity index (χ0n) is 10.9. The van der Waals surface area contributed by atoms with Crippen molar-refractivity contribution in [2.24, 2.45) is 0 Å². The van der Waals surface area contributed by atoms with E-state index in [-0.39, 0.29) is 18.1 Å². The maximum absolute atomic E-state index is 12.1.